The molecule has 1 aliphatic rings. The van der Waals surface area contributed by atoms with Gasteiger partial charge in [0.25, 0.3) is 0 Å². The van der Waals surface area contributed by atoms with Crippen molar-refractivity contribution in [2.75, 3.05) is 11.4 Å². The first-order chi connectivity index (χ1) is 8.27. The van der Waals surface area contributed by atoms with Gasteiger partial charge in [-0.2, -0.15) is 0 Å². The van der Waals surface area contributed by atoms with Crippen LogP contribution in [0.1, 0.15) is 18.4 Å². The second-order valence-corrected chi connectivity index (χ2v) is 4.25. The molecule has 0 radical (unpaired) electrons. The zero-order valence-corrected chi connectivity index (χ0v) is 9.79. The van der Waals surface area contributed by atoms with Crippen molar-refractivity contribution in [1.29, 1.82) is 0 Å². The molecule has 4 nitrogen and oxygen atoms in total. The Balaban J connectivity index is 1.89. The quantitative estimate of drug-likeness (QED) is 0.594. The lowest BCUT2D eigenvalue weighted by atomic mass is 9.84. The molecule has 0 unspecified atom stereocenters. The second-order valence-electron chi connectivity index (χ2n) is 4.25. The normalized spacial score (nSPS) is 13.6. The average Bonchev–Trinajstić information content (AvgIpc) is 2.34. The lowest BCUT2D eigenvalue weighted by Crippen LogP contribution is -2.26. The summed E-state index contributed by atoms with van der Waals surface area (Å²) < 4.78 is 0. The van der Waals surface area contributed by atoms with Crippen LogP contribution < -0.4 is 4.90 Å². The van der Waals surface area contributed by atoms with Gasteiger partial charge in [-0.15, -0.1) is 0 Å². The van der Waals surface area contributed by atoms with Crippen molar-refractivity contribution >= 4 is 19.1 Å². The molecule has 0 aromatic heterocycles. The van der Waals surface area contributed by atoms with Gasteiger partial charge in [0.2, 0.25) is 0 Å². The fourth-order valence-corrected chi connectivity index (χ4v) is 2.01. The molecule has 0 atom stereocenters. The van der Waals surface area contributed by atoms with Crippen molar-refractivity contribution in [3.05, 3.63) is 29.8 Å². The molecule has 0 aliphatic carbocycles. The van der Waals surface area contributed by atoms with Gasteiger partial charge in [-0.05, 0) is 24.4 Å². The zero-order chi connectivity index (χ0) is 12.1. The van der Waals surface area contributed by atoms with E-state index in [2.05, 4.69) is 22.0 Å². The third-order valence-corrected chi connectivity index (χ3v) is 2.90. The van der Waals surface area contributed by atoms with E-state index < -0.39 is 7.12 Å². The number of fused-ring (bicyclic) bond motifs is 1. The molecular weight excluding hydrogens is 215 g/mol. The van der Waals surface area contributed by atoms with Crippen molar-refractivity contribution < 1.29 is 10.0 Å². The third kappa shape index (κ3) is 3.31. The van der Waals surface area contributed by atoms with Crippen LogP contribution in [0, 0.1) is 0 Å². The summed E-state index contributed by atoms with van der Waals surface area (Å²) in [5, 5.41) is 17.5. The molecule has 0 spiro atoms. The highest BCUT2D eigenvalue weighted by Gasteiger charge is 2.12. The van der Waals surface area contributed by atoms with Crippen LogP contribution in [-0.2, 0) is 6.54 Å². The Morgan fingerprint density at radius 3 is 2.88 bits per heavy atom. The van der Waals surface area contributed by atoms with E-state index >= 15 is 0 Å². The first-order valence-corrected chi connectivity index (χ1v) is 5.98. The molecule has 2 rings (SSSR count). The van der Waals surface area contributed by atoms with E-state index in [1.807, 2.05) is 18.5 Å². The van der Waals surface area contributed by atoms with Crippen molar-refractivity contribution in [2.24, 2.45) is 4.99 Å². The van der Waals surface area contributed by atoms with E-state index in [-0.39, 0.29) is 0 Å². The van der Waals surface area contributed by atoms with Gasteiger partial charge in [0.15, 0.2) is 0 Å². The van der Waals surface area contributed by atoms with E-state index in [9.17, 15) is 0 Å². The van der Waals surface area contributed by atoms with Gasteiger partial charge in [-0.1, -0.05) is 24.6 Å². The lowest BCUT2D eigenvalue weighted by molar-refractivity contribution is 0.402. The molecule has 17 heavy (non-hydrogen) atoms. The summed E-state index contributed by atoms with van der Waals surface area (Å²) in [5.74, 6) is 0. The Kier molecular flexibility index (Phi) is 4.17. The number of unbranched alkanes of at least 4 members (excludes halogenated alkanes) is 1. The van der Waals surface area contributed by atoms with E-state index in [0.29, 0.717) is 6.32 Å². The Labute approximate surface area is 102 Å². The average molecular weight is 232 g/mol. The topological polar surface area (TPSA) is 56.1 Å². The zero-order valence-electron chi connectivity index (χ0n) is 9.79. The number of hydrogen-bond donors (Lipinski definition) is 2. The monoisotopic (exact) mass is 232 g/mol. The number of para-hydroxylation sites is 1. The summed E-state index contributed by atoms with van der Waals surface area (Å²) in [6.07, 6.45) is 4.05. The van der Waals surface area contributed by atoms with Crippen molar-refractivity contribution in [2.45, 2.75) is 25.7 Å². The molecule has 0 bridgehead atoms. The summed E-state index contributed by atoms with van der Waals surface area (Å²) in [6, 6.07) is 8.25. The molecule has 0 saturated heterocycles. The van der Waals surface area contributed by atoms with Gasteiger partial charge < -0.3 is 14.9 Å². The molecule has 1 aliphatic heterocycles. The highest BCUT2D eigenvalue weighted by molar-refractivity contribution is 6.40. The van der Waals surface area contributed by atoms with Crippen LogP contribution in [-0.4, -0.2) is 30.0 Å². The number of aliphatic imine (C=N–C) groups is 1. The molecule has 1 aromatic carbocycles. The number of nitrogens with zero attached hydrogens (tertiary/aromatic N) is 2. The molecule has 1 heterocycles. The van der Waals surface area contributed by atoms with Gasteiger partial charge in [0.1, 0.15) is 0 Å². The molecule has 90 valence electrons. The summed E-state index contributed by atoms with van der Waals surface area (Å²) in [7, 11) is -1.18. The molecule has 2 N–H and O–H groups in total. The minimum atomic E-state index is -1.18. The smallest absolute Gasteiger partial charge is 0.427 e. The maximum Gasteiger partial charge on any atom is 0.451 e. The predicted octanol–water partition coefficient (Wildman–Crippen LogP) is 1.29. The molecule has 0 fully saturated rings. The number of benzene rings is 1. The number of rotatable bonds is 5. The maximum absolute atomic E-state index is 8.76. The largest absolute Gasteiger partial charge is 0.451 e. The van der Waals surface area contributed by atoms with E-state index in [0.717, 1.165) is 25.9 Å². The Morgan fingerprint density at radius 2 is 2.06 bits per heavy atom. The maximum atomic E-state index is 8.76. The van der Waals surface area contributed by atoms with Gasteiger partial charge in [0, 0.05) is 12.2 Å². The van der Waals surface area contributed by atoms with Gasteiger partial charge in [0.05, 0.1) is 12.9 Å². The summed E-state index contributed by atoms with van der Waals surface area (Å²) in [4.78, 5) is 6.44. The van der Waals surface area contributed by atoms with E-state index in [1.54, 1.807) is 0 Å². The van der Waals surface area contributed by atoms with Gasteiger partial charge in [-0.3, -0.25) is 4.99 Å². The SMILES string of the molecule is OB(O)CCCCN1C=NCc2ccccc21. The number of hydrogen-bond acceptors (Lipinski definition) is 4. The van der Waals surface area contributed by atoms with E-state index in [4.69, 9.17) is 10.0 Å². The third-order valence-electron chi connectivity index (χ3n) is 2.90. The highest BCUT2D eigenvalue weighted by Crippen LogP contribution is 2.23. The fraction of sp³-hybridized carbons (Fsp3) is 0.417. The lowest BCUT2D eigenvalue weighted by Gasteiger charge is -2.25. The van der Waals surface area contributed by atoms with Gasteiger partial charge in [-0.25, -0.2) is 0 Å². The predicted molar refractivity (Wildman–Crippen MR) is 70.2 cm³/mol. The minimum Gasteiger partial charge on any atom is -0.427 e. The van der Waals surface area contributed by atoms with Crippen molar-refractivity contribution in [3.63, 3.8) is 0 Å². The van der Waals surface area contributed by atoms with Crippen molar-refractivity contribution in [3.8, 4) is 0 Å². The minimum absolute atomic E-state index is 0.437. The standard InChI is InChI=1S/C12H17BN2O2/c16-13(17)7-3-4-8-15-10-14-9-11-5-1-2-6-12(11)15/h1-2,5-6,10,16-17H,3-4,7-9H2. The van der Waals surface area contributed by atoms with Crippen molar-refractivity contribution in [1.82, 2.24) is 0 Å². The molecule has 0 amide bonds. The Bertz CT molecular complexity index is 396. The second kappa shape index (κ2) is 5.84. The molecular formula is C12H17BN2O2. The fourth-order valence-electron chi connectivity index (χ4n) is 2.01. The van der Waals surface area contributed by atoms with Crippen LogP contribution in [0.2, 0.25) is 6.32 Å². The van der Waals surface area contributed by atoms with Crippen LogP contribution in [0.25, 0.3) is 0 Å². The molecule has 1 aromatic rings. The number of anilines is 1. The van der Waals surface area contributed by atoms with Gasteiger partial charge >= 0.3 is 7.12 Å². The summed E-state index contributed by atoms with van der Waals surface area (Å²) >= 11 is 0. The summed E-state index contributed by atoms with van der Waals surface area (Å²) in [5.41, 5.74) is 2.46. The summed E-state index contributed by atoms with van der Waals surface area (Å²) in [6.45, 7) is 1.62. The van der Waals surface area contributed by atoms with Crippen LogP contribution in [0.15, 0.2) is 29.3 Å². The Morgan fingerprint density at radius 1 is 1.24 bits per heavy atom. The molecule has 0 saturated carbocycles. The first kappa shape index (κ1) is 12.1. The molecule has 5 heteroatoms. The van der Waals surface area contributed by atoms with Crippen LogP contribution in [0.3, 0.4) is 0 Å². The first-order valence-electron chi connectivity index (χ1n) is 5.98. The Hall–Kier alpha value is -1.33. The highest BCUT2D eigenvalue weighted by atomic mass is 16.4. The van der Waals surface area contributed by atoms with Crippen LogP contribution >= 0.6 is 0 Å². The van der Waals surface area contributed by atoms with Crippen LogP contribution in [0.4, 0.5) is 5.69 Å². The van der Waals surface area contributed by atoms with Crippen LogP contribution in [0.5, 0.6) is 0 Å². The van der Waals surface area contributed by atoms with E-state index in [1.165, 1.54) is 11.3 Å².